The fourth-order valence-corrected chi connectivity index (χ4v) is 13.1. The second kappa shape index (κ2) is 28.0. The van der Waals surface area contributed by atoms with Gasteiger partial charge in [-0.1, -0.05) is 91.0 Å². The molecule has 480 valence electrons. The van der Waals surface area contributed by atoms with E-state index in [1.807, 2.05) is 73.8 Å². The lowest BCUT2D eigenvalue weighted by Crippen LogP contribution is -2.16. The number of carboxylic acids is 3. The predicted molar refractivity (Wildman–Crippen MR) is 371 cm³/mol. The highest BCUT2D eigenvalue weighted by Crippen LogP contribution is 2.40. The van der Waals surface area contributed by atoms with Gasteiger partial charge >= 0.3 is 17.9 Å². The third kappa shape index (κ3) is 14.3. The van der Waals surface area contributed by atoms with Crippen molar-refractivity contribution in [3.8, 4) is 44.9 Å². The standard InChI is InChI=1S/C78H74N8O9/c1-46-43-83-69-38-59(78(93)84-68-19-7-4-12-56(68)39-74(87)88)37-65(77(46)69)52-16-11-18-55(35-52)67(81)29-48(3)85-26-23-61-63(30-49(32-70(61)85)44-94-72-20-8-5-13-57(72)40-75(89)90)51-15-10-17-54(34-51)66(80)28-47(2)86-27-24-62-64(53-22-25-82-60(36-53)42-79)31-50(33-71(62)86)45-95-73-21-9-6-14-58(73)41-76(91)92/h4-27,30-38,43,47-48,66-67,83H,28-29,39-42,44-45,79-81H2,1-3H3,(H,84,93)(H,87,88)(H,89,90)(H,91,92). The summed E-state index contributed by atoms with van der Waals surface area (Å²) in [4.78, 5) is 57.2. The molecule has 0 saturated carbocycles. The Kier molecular flexibility index (Phi) is 18.9. The zero-order valence-electron chi connectivity index (χ0n) is 53.0. The number of hydrogen-bond acceptors (Lipinski definition) is 10. The number of nitrogens with one attached hydrogen (secondary N) is 2. The van der Waals surface area contributed by atoms with Gasteiger partial charge in [-0.15, -0.1) is 0 Å². The van der Waals surface area contributed by atoms with Gasteiger partial charge in [-0.05, 0) is 191 Å². The highest BCUT2D eigenvalue weighted by molar-refractivity contribution is 6.10. The van der Waals surface area contributed by atoms with Crippen molar-refractivity contribution in [3.05, 3.63) is 263 Å². The lowest BCUT2D eigenvalue weighted by Gasteiger charge is -2.22. The van der Waals surface area contributed by atoms with E-state index in [0.29, 0.717) is 52.3 Å². The molecule has 12 rings (SSSR count). The summed E-state index contributed by atoms with van der Waals surface area (Å²) >= 11 is 0. The second-order valence-electron chi connectivity index (χ2n) is 24.5. The Morgan fingerprint density at radius 2 is 1.05 bits per heavy atom. The Balaban J connectivity index is 0.834. The molecule has 17 nitrogen and oxygen atoms in total. The number of H-pyrrole nitrogens is 1. The number of anilines is 1. The molecule has 0 aliphatic heterocycles. The maximum atomic E-state index is 14.0. The zero-order chi connectivity index (χ0) is 66.4. The van der Waals surface area contributed by atoms with Crippen LogP contribution in [-0.2, 0) is 53.4 Å². The van der Waals surface area contributed by atoms with Gasteiger partial charge in [0, 0.05) is 111 Å². The van der Waals surface area contributed by atoms with Crippen molar-refractivity contribution >= 4 is 62.2 Å². The maximum Gasteiger partial charge on any atom is 0.307 e. The van der Waals surface area contributed by atoms with Gasteiger partial charge in [-0.3, -0.25) is 24.2 Å². The molecule has 1 amide bonds. The zero-order valence-corrected chi connectivity index (χ0v) is 53.0. The largest absolute Gasteiger partial charge is 0.489 e. The summed E-state index contributed by atoms with van der Waals surface area (Å²) in [5, 5.41) is 34.9. The van der Waals surface area contributed by atoms with Crippen LogP contribution in [0.5, 0.6) is 11.5 Å². The molecular weight excluding hydrogens is 1190 g/mol. The van der Waals surface area contributed by atoms with Gasteiger partial charge in [-0.2, -0.15) is 0 Å². The number of hydrogen-bond donors (Lipinski definition) is 8. The van der Waals surface area contributed by atoms with E-state index in [0.717, 1.165) is 99.6 Å². The van der Waals surface area contributed by atoms with E-state index in [-0.39, 0.29) is 63.1 Å². The highest BCUT2D eigenvalue weighted by atomic mass is 16.5. The molecule has 17 heteroatoms. The number of nitrogens with two attached hydrogens (primary N) is 3. The molecule has 11 N–H and O–H groups in total. The van der Waals surface area contributed by atoms with Crippen molar-refractivity contribution in [3.63, 3.8) is 0 Å². The molecule has 0 aliphatic rings. The molecule has 0 spiro atoms. The van der Waals surface area contributed by atoms with Crippen molar-refractivity contribution in [2.24, 2.45) is 17.2 Å². The number of carboxylic acid groups (broad SMARTS) is 3. The fraction of sp³-hybridized carbons (Fsp3) is 0.192. The van der Waals surface area contributed by atoms with Crippen molar-refractivity contribution in [2.45, 2.75) is 96.8 Å². The van der Waals surface area contributed by atoms with E-state index >= 15 is 0 Å². The summed E-state index contributed by atoms with van der Waals surface area (Å²) in [6.45, 7) is 6.98. The average molecular weight is 1270 g/mol. The summed E-state index contributed by atoms with van der Waals surface area (Å²) in [7, 11) is 0. The first kappa shape index (κ1) is 64.0. The Morgan fingerprint density at radius 3 is 1.59 bits per heavy atom. The second-order valence-corrected chi connectivity index (χ2v) is 24.5. The summed E-state index contributed by atoms with van der Waals surface area (Å²) in [5.41, 5.74) is 36.8. The van der Waals surface area contributed by atoms with Gasteiger partial charge in [0.05, 0.1) is 25.0 Å². The number of para-hydroxylation sites is 3. The minimum Gasteiger partial charge on any atom is -0.489 e. The fourth-order valence-electron chi connectivity index (χ4n) is 13.1. The first-order valence-corrected chi connectivity index (χ1v) is 31.7. The van der Waals surface area contributed by atoms with E-state index in [4.69, 9.17) is 26.7 Å². The number of pyridine rings is 1. The number of aromatic amines is 1. The number of carbonyl (C=O) groups is 4. The number of amides is 1. The molecule has 0 saturated heterocycles. The van der Waals surface area contributed by atoms with Gasteiger partial charge in [0.15, 0.2) is 0 Å². The average Bonchev–Trinajstić information content (AvgIpc) is 1.70. The molecule has 0 radical (unpaired) electrons. The van der Waals surface area contributed by atoms with Crippen LogP contribution in [0.4, 0.5) is 5.69 Å². The van der Waals surface area contributed by atoms with Gasteiger partial charge in [0.1, 0.15) is 24.7 Å². The molecule has 95 heavy (non-hydrogen) atoms. The molecule has 12 aromatic rings. The SMILES string of the molecule is Cc1c[nH]c2cc(C(=O)Nc3ccccc3CC(=O)O)cc(-c3cccc(C(N)CC(C)n4ccc5c(-c6cccc(C(N)CC(C)n7ccc8c(-c9ccnc(CN)c9)cc(COc9ccccc9CC(=O)O)cc87)c6)cc(COc6ccccc6CC(=O)O)cc54)c3)c12. The number of carbonyl (C=O) groups excluding carboxylic acids is 1. The number of rotatable bonds is 26. The number of ether oxygens (including phenoxy) is 2. The van der Waals surface area contributed by atoms with E-state index in [1.54, 1.807) is 66.9 Å². The number of benzene rings is 8. The molecule has 4 aromatic heterocycles. The van der Waals surface area contributed by atoms with Crippen LogP contribution in [0.3, 0.4) is 0 Å². The monoisotopic (exact) mass is 1270 g/mol. The summed E-state index contributed by atoms with van der Waals surface area (Å²) < 4.78 is 17.3. The van der Waals surface area contributed by atoms with Crippen LogP contribution < -0.4 is 32.0 Å². The quantitative estimate of drug-likeness (QED) is 0.0251. The smallest absolute Gasteiger partial charge is 0.307 e. The van der Waals surface area contributed by atoms with Crippen LogP contribution in [0.2, 0.25) is 0 Å². The Morgan fingerprint density at radius 1 is 0.558 bits per heavy atom. The Labute approximate surface area is 549 Å². The molecule has 8 aromatic carbocycles. The van der Waals surface area contributed by atoms with Gasteiger partial charge in [0.25, 0.3) is 5.91 Å². The Hall–Kier alpha value is -11.1. The van der Waals surface area contributed by atoms with Gasteiger partial charge < -0.3 is 61.4 Å². The summed E-state index contributed by atoms with van der Waals surface area (Å²) in [5.74, 6) is -2.26. The first-order chi connectivity index (χ1) is 45.9. The lowest BCUT2D eigenvalue weighted by molar-refractivity contribution is -0.137. The first-order valence-electron chi connectivity index (χ1n) is 31.7. The molecule has 0 fully saturated rings. The third-order valence-corrected chi connectivity index (χ3v) is 17.8. The van der Waals surface area contributed by atoms with Crippen LogP contribution >= 0.6 is 0 Å². The topological polar surface area (TPSA) is 276 Å². The van der Waals surface area contributed by atoms with Crippen LogP contribution in [0.15, 0.2) is 207 Å². The number of nitrogens with zero attached hydrogens (tertiary/aromatic N) is 3. The van der Waals surface area contributed by atoms with Crippen LogP contribution in [0, 0.1) is 6.92 Å². The highest BCUT2D eigenvalue weighted by Gasteiger charge is 2.24. The van der Waals surface area contributed by atoms with Crippen molar-refractivity contribution in [2.75, 3.05) is 5.32 Å². The minimum absolute atomic E-state index is 0.0729. The van der Waals surface area contributed by atoms with Crippen molar-refractivity contribution in [1.29, 1.82) is 0 Å². The third-order valence-electron chi connectivity index (χ3n) is 17.8. The maximum absolute atomic E-state index is 14.0. The lowest BCUT2D eigenvalue weighted by atomic mass is 9.93. The van der Waals surface area contributed by atoms with Crippen LogP contribution in [-0.4, -0.2) is 58.2 Å². The number of fused-ring (bicyclic) bond motifs is 3. The molecule has 4 atom stereocenters. The van der Waals surface area contributed by atoms with E-state index in [9.17, 15) is 34.5 Å². The van der Waals surface area contributed by atoms with E-state index in [2.05, 4.69) is 111 Å². The minimum atomic E-state index is -0.998. The molecule has 4 heterocycles. The summed E-state index contributed by atoms with van der Waals surface area (Å²) in [6.07, 6.45) is 8.44. The number of aromatic nitrogens is 4. The van der Waals surface area contributed by atoms with E-state index < -0.39 is 23.9 Å². The molecule has 0 bridgehead atoms. The van der Waals surface area contributed by atoms with Gasteiger partial charge in [0.2, 0.25) is 0 Å². The van der Waals surface area contributed by atoms with Crippen LogP contribution in [0.1, 0.15) is 111 Å². The summed E-state index contributed by atoms with van der Waals surface area (Å²) in [6, 6.07) is 57.2. The number of aryl methyl sites for hydroxylation is 1. The van der Waals surface area contributed by atoms with Crippen molar-refractivity contribution in [1.82, 2.24) is 19.1 Å². The van der Waals surface area contributed by atoms with E-state index in [1.165, 1.54) is 0 Å². The molecule has 4 unspecified atom stereocenters. The van der Waals surface area contributed by atoms with Crippen LogP contribution in [0.25, 0.3) is 66.1 Å². The Bertz CT molecular complexity index is 4870. The predicted octanol–water partition coefficient (Wildman–Crippen LogP) is 14.8. The normalized spacial score (nSPS) is 12.8. The molecule has 0 aliphatic carbocycles. The molecular formula is C78H74N8O9. The van der Waals surface area contributed by atoms with Gasteiger partial charge in [-0.25, -0.2) is 0 Å². The van der Waals surface area contributed by atoms with Crippen molar-refractivity contribution < 1.29 is 44.0 Å². The number of aliphatic carboxylic acids is 3.